The van der Waals surface area contributed by atoms with Crippen LogP contribution in [0.5, 0.6) is 0 Å². The first-order valence-electron chi connectivity index (χ1n) is 17.2. The second-order valence-electron chi connectivity index (χ2n) is 12.8. The molecule has 10 nitrogen and oxygen atoms in total. The van der Waals surface area contributed by atoms with Crippen molar-refractivity contribution in [3.05, 3.63) is 144 Å². The van der Waals surface area contributed by atoms with Gasteiger partial charge < -0.3 is 31.0 Å². The molecule has 0 fully saturated rings. The van der Waals surface area contributed by atoms with Crippen LogP contribution >= 0.6 is 7.37 Å². The highest BCUT2D eigenvalue weighted by Crippen LogP contribution is 2.49. The van der Waals surface area contributed by atoms with Crippen molar-refractivity contribution in [2.75, 3.05) is 6.16 Å². The maximum absolute atomic E-state index is 14.3. The second kappa shape index (κ2) is 18.2. The average molecular weight is 709 g/mol. The maximum Gasteiger partial charge on any atom is 0.408 e. The Labute approximate surface area is 298 Å². The summed E-state index contributed by atoms with van der Waals surface area (Å²) in [7, 11) is -4.28. The lowest BCUT2D eigenvalue weighted by atomic mass is 9.99. The summed E-state index contributed by atoms with van der Waals surface area (Å²) >= 11 is 0. The number of nitrogens with one attached hydrogen (secondary N) is 3. The van der Waals surface area contributed by atoms with Crippen LogP contribution < -0.4 is 16.4 Å². The van der Waals surface area contributed by atoms with Crippen molar-refractivity contribution < 1.29 is 28.6 Å². The van der Waals surface area contributed by atoms with Crippen molar-refractivity contribution in [2.24, 2.45) is 11.7 Å². The van der Waals surface area contributed by atoms with Crippen LogP contribution in [0.1, 0.15) is 41.5 Å². The maximum atomic E-state index is 14.3. The van der Waals surface area contributed by atoms with E-state index in [9.17, 15) is 23.8 Å². The molecular weight excluding hydrogens is 663 g/mol. The van der Waals surface area contributed by atoms with Crippen LogP contribution in [0, 0.1) is 5.92 Å². The van der Waals surface area contributed by atoms with Crippen LogP contribution in [0.4, 0.5) is 4.79 Å². The van der Waals surface area contributed by atoms with Gasteiger partial charge in [0.1, 0.15) is 18.4 Å². The Hall–Kier alpha value is -5.18. The summed E-state index contributed by atoms with van der Waals surface area (Å²) in [4.78, 5) is 54.5. The van der Waals surface area contributed by atoms with Gasteiger partial charge in [-0.05, 0) is 47.6 Å². The van der Waals surface area contributed by atoms with Crippen molar-refractivity contribution in [2.45, 2.75) is 57.0 Å². The zero-order valence-corrected chi connectivity index (χ0v) is 29.3. The molecule has 6 N–H and O–H groups in total. The van der Waals surface area contributed by atoms with Crippen molar-refractivity contribution in [3.8, 4) is 0 Å². The number of fused-ring (bicyclic) bond motifs is 1. The fraction of sp³-hybridized carbons (Fsp3) is 0.275. The number of para-hydroxylation sites is 1. The number of unbranched alkanes of at least 4 members (excludes halogenated alkanes) is 1. The first-order valence-corrected chi connectivity index (χ1v) is 19.1. The van der Waals surface area contributed by atoms with Crippen molar-refractivity contribution in [1.82, 2.24) is 15.6 Å². The van der Waals surface area contributed by atoms with Crippen molar-refractivity contribution in [1.29, 1.82) is 0 Å². The summed E-state index contributed by atoms with van der Waals surface area (Å²) in [5.74, 6) is -3.44. The molecule has 0 saturated carbocycles. The van der Waals surface area contributed by atoms with E-state index in [2.05, 4.69) is 15.6 Å². The average Bonchev–Trinajstić information content (AvgIpc) is 3.55. The Morgan fingerprint density at radius 2 is 1.37 bits per heavy atom. The highest BCUT2D eigenvalue weighted by Gasteiger charge is 2.38. The fourth-order valence-electron chi connectivity index (χ4n) is 6.18. The summed E-state index contributed by atoms with van der Waals surface area (Å²) < 4.78 is 19.7. The van der Waals surface area contributed by atoms with Crippen molar-refractivity contribution in [3.63, 3.8) is 0 Å². The molecule has 4 aromatic carbocycles. The molecule has 51 heavy (non-hydrogen) atoms. The van der Waals surface area contributed by atoms with Gasteiger partial charge in [-0.2, -0.15) is 0 Å². The lowest BCUT2D eigenvalue weighted by molar-refractivity contribution is -0.129. The summed E-state index contributed by atoms with van der Waals surface area (Å²) in [6.45, 7) is -0.0160. The third-order valence-corrected chi connectivity index (χ3v) is 11.2. The zero-order chi connectivity index (χ0) is 36.1. The molecule has 5 aromatic rings. The summed E-state index contributed by atoms with van der Waals surface area (Å²) in [5.41, 5.74) is 10.1. The van der Waals surface area contributed by atoms with E-state index < -0.39 is 49.2 Å². The highest BCUT2D eigenvalue weighted by atomic mass is 31.2. The molecule has 4 unspecified atom stereocenters. The molecule has 266 valence electrons. The first-order chi connectivity index (χ1) is 24.7. The molecule has 1 heterocycles. The number of H-pyrrole nitrogens is 1. The number of carbonyl (C=O) groups excluding carboxylic acids is 3. The van der Waals surface area contributed by atoms with E-state index >= 15 is 0 Å². The van der Waals surface area contributed by atoms with Crippen LogP contribution in [-0.4, -0.2) is 45.8 Å². The number of ether oxygens (including phenoxy) is 1. The monoisotopic (exact) mass is 708 g/mol. The van der Waals surface area contributed by atoms with Gasteiger partial charge in [0.25, 0.3) is 0 Å². The summed E-state index contributed by atoms with van der Waals surface area (Å²) in [6, 6.07) is 34.7. The Bertz CT molecular complexity index is 1920. The molecule has 0 bridgehead atoms. The largest absolute Gasteiger partial charge is 0.445 e. The third-order valence-electron chi connectivity index (χ3n) is 8.98. The molecule has 11 heteroatoms. The molecule has 0 aliphatic carbocycles. The lowest BCUT2D eigenvalue weighted by Gasteiger charge is -2.28. The number of aryl methyl sites for hydroxylation is 1. The van der Waals surface area contributed by atoms with Crippen LogP contribution in [0.3, 0.4) is 0 Å². The Morgan fingerprint density at radius 3 is 2.04 bits per heavy atom. The third kappa shape index (κ3) is 11.2. The predicted octanol–water partition coefficient (Wildman–Crippen LogP) is 6.48. The van der Waals surface area contributed by atoms with Crippen LogP contribution in [0.25, 0.3) is 10.9 Å². The smallest absolute Gasteiger partial charge is 0.408 e. The Kier molecular flexibility index (Phi) is 13.2. The summed E-state index contributed by atoms with van der Waals surface area (Å²) in [5, 5.41) is 6.33. The van der Waals surface area contributed by atoms with Crippen LogP contribution in [0.15, 0.2) is 121 Å². The summed E-state index contributed by atoms with van der Waals surface area (Å²) in [6.07, 6.45) is 3.12. The molecule has 1 aromatic heterocycles. The van der Waals surface area contributed by atoms with E-state index in [1.165, 1.54) is 0 Å². The number of primary amides is 1. The molecule has 0 spiro atoms. The molecule has 0 aliphatic heterocycles. The van der Waals surface area contributed by atoms with Gasteiger partial charge >= 0.3 is 6.09 Å². The van der Waals surface area contributed by atoms with E-state index in [4.69, 9.17) is 10.5 Å². The molecule has 0 aliphatic rings. The highest BCUT2D eigenvalue weighted by molar-refractivity contribution is 7.58. The van der Waals surface area contributed by atoms with Crippen LogP contribution in [-0.2, 0) is 44.8 Å². The van der Waals surface area contributed by atoms with Gasteiger partial charge in [-0.3, -0.25) is 14.2 Å². The standard InChI is InChI=1S/C40H45N4O6P/c41-38(45)36(25-33-26-42-35-23-13-12-22-34(33)35)43-39(46)32(21-11-10-16-29-14-4-1-5-15-29)28-51(48,49)37(24-30-17-6-2-7-18-30)44-40(47)50-27-31-19-8-3-9-20-31/h1-9,12-15,17-20,22-23,26,32,36-37,42H,10-11,16,21,24-25,27-28H2,(H2,41,45)(H,43,46)(H,44,47)(H,48,49). The van der Waals surface area contributed by atoms with Gasteiger partial charge in [0.2, 0.25) is 19.2 Å². The van der Waals surface area contributed by atoms with E-state index in [1.54, 1.807) is 18.3 Å². The normalized spacial score (nSPS) is 14.1. The zero-order valence-electron chi connectivity index (χ0n) is 28.4. The Morgan fingerprint density at radius 1 is 0.765 bits per heavy atom. The van der Waals surface area contributed by atoms with E-state index in [-0.39, 0.29) is 25.9 Å². The number of rotatable bonds is 18. The molecule has 3 amide bonds. The second-order valence-corrected chi connectivity index (χ2v) is 15.3. The lowest BCUT2D eigenvalue weighted by Crippen LogP contribution is -2.48. The molecule has 0 radical (unpaired) electrons. The van der Waals surface area contributed by atoms with E-state index in [1.807, 2.05) is 103 Å². The number of nitrogens with two attached hydrogens (primary N) is 1. The number of benzene rings is 4. The van der Waals surface area contributed by atoms with E-state index in [0.29, 0.717) is 6.42 Å². The van der Waals surface area contributed by atoms with Gasteiger partial charge in [0.15, 0.2) is 0 Å². The van der Waals surface area contributed by atoms with Crippen molar-refractivity contribution >= 4 is 36.2 Å². The molecule has 5 rings (SSSR count). The minimum Gasteiger partial charge on any atom is -0.445 e. The first kappa shape index (κ1) is 37.1. The topological polar surface area (TPSA) is 164 Å². The number of alkyl carbamates (subject to hydrolysis) is 1. The quantitative estimate of drug-likeness (QED) is 0.0517. The minimum atomic E-state index is -4.28. The minimum absolute atomic E-state index is 0.0160. The van der Waals surface area contributed by atoms with Gasteiger partial charge in [0, 0.05) is 42.0 Å². The van der Waals surface area contributed by atoms with Gasteiger partial charge in [-0.15, -0.1) is 0 Å². The number of amides is 3. The molecule has 0 saturated heterocycles. The number of aromatic amines is 1. The number of carbonyl (C=O) groups is 3. The Balaban J connectivity index is 1.33. The van der Waals surface area contributed by atoms with Gasteiger partial charge in [-0.1, -0.05) is 116 Å². The molecule has 4 atom stereocenters. The van der Waals surface area contributed by atoms with Gasteiger partial charge in [0.05, 0.1) is 0 Å². The predicted molar refractivity (Wildman–Crippen MR) is 199 cm³/mol. The number of hydrogen-bond acceptors (Lipinski definition) is 5. The fourth-order valence-corrected chi connectivity index (χ4v) is 8.22. The number of aromatic nitrogens is 1. The van der Waals surface area contributed by atoms with Gasteiger partial charge in [-0.25, -0.2) is 4.79 Å². The molecular formula is C40H45N4O6P. The van der Waals surface area contributed by atoms with Crippen LogP contribution in [0.2, 0.25) is 0 Å². The number of hydrogen-bond donors (Lipinski definition) is 5. The SMILES string of the molecule is NC(=O)C(Cc1c[nH]c2ccccc12)NC(=O)C(CCCCc1ccccc1)CP(=O)(O)C(Cc1ccccc1)NC(=O)OCc1ccccc1. The van der Waals surface area contributed by atoms with E-state index in [0.717, 1.165) is 46.0 Å².